The number of allylic oxidation sites excluding steroid dienone is 1. The average molecular weight is 573 g/mol. The molecule has 0 saturated heterocycles. The van der Waals surface area contributed by atoms with E-state index in [4.69, 9.17) is 18.9 Å². The Morgan fingerprint density at radius 2 is 1.63 bits per heavy atom. The molecule has 0 aliphatic carbocycles. The summed E-state index contributed by atoms with van der Waals surface area (Å²) in [7, 11) is 3.39. The number of benzene rings is 3. The van der Waals surface area contributed by atoms with Gasteiger partial charge in [-0.15, -0.1) is 0 Å². The SMILES string of the molecule is COc1ccc2c(c1)c(/C=C1\Oc3cc(OC(=O)C(C)Oc4c(F)c(F)c(F)c(F)c4F)cc(C)c3C1=O)cn2C. The van der Waals surface area contributed by atoms with Crippen LogP contribution >= 0.6 is 0 Å². The molecule has 1 aliphatic rings. The number of esters is 1. The predicted molar refractivity (Wildman–Crippen MR) is 136 cm³/mol. The average Bonchev–Trinajstić information content (AvgIpc) is 3.43. The van der Waals surface area contributed by atoms with Gasteiger partial charge in [0.25, 0.3) is 0 Å². The second-order valence-corrected chi connectivity index (χ2v) is 9.21. The molecule has 2 heterocycles. The van der Waals surface area contributed by atoms with Crippen LogP contribution in [-0.4, -0.2) is 29.5 Å². The lowest BCUT2D eigenvalue weighted by Gasteiger charge is -2.16. The first-order valence-corrected chi connectivity index (χ1v) is 12.0. The number of halogens is 5. The highest BCUT2D eigenvalue weighted by Gasteiger charge is 2.32. The van der Waals surface area contributed by atoms with Crippen molar-refractivity contribution >= 4 is 28.7 Å². The molecule has 0 saturated carbocycles. The van der Waals surface area contributed by atoms with Crippen LogP contribution in [0.25, 0.3) is 17.0 Å². The first-order valence-electron chi connectivity index (χ1n) is 12.0. The van der Waals surface area contributed by atoms with Crippen LogP contribution in [0, 0.1) is 36.0 Å². The van der Waals surface area contributed by atoms with Crippen LogP contribution in [-0.2, 0) is 11.8 Å². The number of fused-ring (bicyclic) bond motifs is 2. The molecule has 5 rings (SSSR count). The Hall–Kier alpha value is -4.87. The number of nitrogens with zero attached hydrogens (tertiary/aromatic N) is 1. The minimum absolute atomic E-state index is 0.0184. The van der Waals surface area contributed by atoms with Gasteiger partial charge in [0.1, 0.15) is 17.2 Å². The number of Topliss-reactive ketones (excluding diaryl/α,β-unsaturated/α-hetero) is 1. The fourth-order valence-corrected chi connectivity index (χ4v) is 4.43. The highest BCUT2D eigenvalue weighted by Crippen LogP contribution is 2.39. The van der Waals surface area contributed by atoms with Gasteiger partial charge in [-0.05, 0) is 49.8 Å². The zero-order valence-corrected chi connectivity index (χ0v) is 21.9. The van der Waals surface area contributed by atoms with Crippen molar-refractivity contribution in [1.82, 2.24) is 4.57 Å². The molecule has 4 aromatic rings. The Kier molecular flexibility index (Phi) is 6.93. The topological polar surface area (TPSA) is 76.0 Å². The molecule has 1 aliphatic heterocycles. The van der Waals surface area contributed by atoms with Gasteiger partial charge >= 0.3 is 5.97 Å². The van der Waals surface area contributed by atoms with Gasteiger partial charge in [0.05, 0.1) is 12.7 Å². The second kappa shape index (κ2) is 10.3. The molecule has 0 bridgehead atoms. The van der Waals surface area contributed by atoms with Gasteiger partial charge in [-0.2, -0.15) is 8.78 Å². The number of ketones is 1. The number of methoxy groups -OCH3 is 1. The number of hydrogen-bond donors (Lipinski definition) is 0. The summed E-state index contributed by atoms with van der Waals surface area (Å²) in [5.74, 6) is -13.9. The summed E-state index contributed by atoms with van der Waals surface area (Å²) in [6.07, 6.45) is 1.62. The minimum Gasteiger partial charge on any atom is -0.497 e. The van der Waals surface area contributed by atoms with Crippen molar-refractivity contribution in [1.29, 1.82) is 0 Å². The number of aromatic nitrogens is 1. The van der Waals surface area contributed by atoms with Gasteiger partial charge in [-0.25, -0.2) is 18.0 Å². The molecular weight excluding hydrogens is 553 g/mol. The Bertz CT molecular complexity index is 1770. The molecular formula is C29H20F5NO6. The Morgan fingerprint density at radius 3 is 2.29 bits per heavy atom. The number of rotatable bonds is 6. The summed E-state index contributed by atoms with van der Waals surface area (Å²) in [5, 5.41) is 0.820. The molecule has 41 heavy (non-hydrogen) atoms. The molecule has 1 unspecified atom stereocenters. The van der Waals surface area contributed by atoms with Crippen molar-refractivity contribution in [2.45, 2.75) is 20.0 Å². The van der Waals surface area contributed by atoms with E-state index in [9.17, 15) is 31.5 Å². The van der Waals surface area contributed by atoms with Crippen molar-refractivity contribution < 1.29 is 50.5 Å². The molecule has 1 atom stereocenters. The Labute approximate surface area is 229 Å². The van der Waals surface area contributed by atoms with Crippen LogP contribution in [0.4, 0.5) is 22.0 Å². The molecule has 0 fully saturated rings. The zero-order chi connectivity index (χ0) is 29.7. The van der Waals surface area contributed by atoms with E-state index >= 15 is 0 Å². The van der Waals surface area contributed by atoms with E-state index in [0.717, 1.165) is 17.8 Å². The standard InChI is InChI=1S/C29H20F5NO6/c1-12-7-16(40-29(37)13(2)39-28-25(33)23(31)22(30)24(32)26(28)34)10-19-21(12)27(36)20(41-19)8-14-11-35(3)18-6-5-15(38-4)9-17(14)18/h5-11,13H,1-4H3/b20-8-. The van der Waals surface area contributed by atoms with E-state index in [1.165, 1.54) is 12.1 Å². The normalized spacial score (nSPS) is 14.3. The minimum atomic E-state index is -2.36. The van der Waals surface area contributed by atoms with Crippen molar-refractivity contribution in [2.24, 2.45) is 7.05 Å². The summed E-state index contributed by atoms with van der Waals surface area (Å²) in [6, 6.07) is 8.13. The lowest BCUT2D eigenvalue weighted by Crippen LogP contribution is -2.29. The fourth-order valence-electron chi connectivity index (χ4n) is 4.43. The molecule has 1 aromatic heterocycles. The maximum atomic E-state index is 14.0. The summed E-state index contributed by atoms with van der Waals surface area (Å²) < 4.78 is 91.0. The molecule has 3 aromatic carbocycles. The van der Waals surface area contributed by atoms with Gasteiger partial charge in [0.2, 0.25) is 34.9 Å². The molecule has 0 N–H and O–H groups in total. The van der Waals surface area contributed by atoms with E-state index in [-0.39, 0.29) is 22.8 Å². The van der Waals surface area contributed by atoms with Gasteiger partial charge in [-0.1, -0.05) is 0 Å². The van der Waals surface area contributed by atoms with Gasteiger partial charge < -0.3 is 23.5 Å². The molecule has 0 spiro atoms. The van der Waals surface area contributed by atoms with Crippen molar-refractivity contribution in [3.8, 4) is 23.0 Å². The van der Waals surface area contributed by atoms with Gasteiger partial charge in [-0.3, -0.25) is 4.79 Å². The number of hydrogen-bond acceptors (Lipinski definition) is 6. The van der Waals surface area contributed by atoms with Crippen LogP contribution in [0.15, 0.2) is 42.3 Å². The third-order valence-electron chi connectivity index (χ3n) is 6.47. The predicted octanol–water partition coefficient (Wildman–Crippen LogP) is 6.18. The van der Waals surface area contributed by atoms with Crippen LogP contribution < -0.4 is 18.9 Å². The second-order valence-electron chi connectivity index (χ2n) is 9.21. The Morgan fingerprint density at radius 1 is 0.976 bits per heavy atom. The van der Waals surface area contributed by atoms with Crippen LogP contribution in [0.1, 0.15) is 28.4 Å². The molecule has 7 nitrogen and oxygen atoms in total. The largest absolute Gasteiger partial charge is 0.497 e. The molecule has 212 valence electrons. The maximum absolute atomic E-state index is 14.0. The third kappa shape index (κ3) is 4.75. The van der Waals surface area contributed by atoms with Crippen molar-refractivity contribution in [2.75, 3.05) is 7.11 Å². The summed E-state index contributed by atoms with van der Waals surface area (Å²) in [4.78, 5) is 25.7. The fraction of sp³-hybridized carbons (Fsp3) is 0.172. The van der Waals surface area contributed by atoms with Crippen LogP contribution in [0.2, 0.25) is 0 Å². The summed E-state index contributed by atoms with van der Waals surface area (Å²) in [6.45, 7) is 2.58. The van der Waals surface area contributed by atoms with Crippen molar-refractivity contribution in [3.05, 3.63) is 88.1 Å². The summed E-state index contributed by atoms with van der Waals surface area (Å²) in [5.41, 5.74) is 2.22. The number of ether oxygens (including phenoxy) is 4. The van der Waals surface area contributed by atoms with E-state index in [1.54, 1.807) is 20.1 Å². The smallest absolute Gasteiger partial charge is 0.352 e. The zero-order valence-electron chi connectivity index (χ0n) is 21.9. The first-order chi connectivity index (χ1) is 19.4. The molecule has 0 radical (unpaired) electrons. The highest BCUT2D eigenvalue weighted by molar-refractivity contribution is 6.16. The Balaban J connectivity index is 1.38. The van der Waals surface area contributed by atoms with Crippen LogP contribution in [0.5, 0.6) is 23.0 Å². The van der Waals surface area contributed by atoms with E-state index in [1.807, 2.05) is 36.0 Å². The van der Waals surface area contributed by atoms with E-state index in [0.29, 0.717) is 16.9 Å². The van der Waals surface area contributed by atoms with E-state index < -0.39 is 52.7 Å². The monoisotopic (exact) mass is 573 g/mol. The van der Waals surface area contributed by atoms with Gasteiger partial charge in [0.15, 0.2) is 17.6 Å². The lowest BCUT2D eigenvalue weighted by atomic mass is 10.0. The van der Waals surface area contributed by atoms with Crippen LogP contribution in [0.3, 0.4) is 0 Å². The molecule has 12 heteroatoms. The van der Waals surface area contributed by atoms with E-state index in [2.05, 4.69) is 0 Å². The first kappa shape index (κ1) is 27.7. The lowest BCUT2D eigenvalue weighted by molar-refractivity contribution is -0.141. The maximum Gasteiger partial charge on any atom is 0.352 e. The number of aryl methyl sites for hydroxylation is 2. The van der Waals surface area contributed by atoms with Crippen molar-refractivity contribution in [3.63, 3.8) is 0 Å². The molecule has 0 amide bonds. The van der Waals surface area contributed by atoms with Gasteiger partial charge in [0, 0.05) is 35.8 Å². The summed E-state index contributed by atoms with van der Waals surface area (Å²) >= 11 is 0. The highest BCUT2D eigenvalue weighted by atomic mass is 19.2. The third-order valence-corrected chi connectivity index (χ3v) is 6.47. The number of carbonyl (C=O) groups excluding carboxylic acids is 2. The number of carbonyl (C=O) groups is 2. The quantitative estimate of drug-likeness (QED) is 0.0685.